The smallest absolute Gasteiger partial charge is 0.0449 e. The zero-order valence-corrected chi connectivity index (χ0v) is 30.8. The van der Waals surface area contributed by atoms with Crippen molar-refractivity contribution in [1.29, 1.82) is 0 Å². The van der Waals surface area contributed by atoms with Crippen LogP contribution in [0, 0.1) is 0 Å². The maximum absolute atomic E-state index is 2.44. The summed E-state index contributed by atoms with van der Waals surface area (Å²) in [4.78, 5) is 0. The molecule has 54 heavy (non-hydrogen) atoms. The quantitative estimate of drug-likeness (QED) is 0.160. The van der Waals surface area contributed by atoms with Gasteiger partial charge in [0.1, 0.15) is 0 Å². The molecule has 12 aromatic rings. The number of hydrogen-bond acceptors (Lipinski definition) is 2. The first-order valence-electron chi connectivity index (χ1n) is 18.5. The molecule has 0 N–H and O–H groups in total. The Morgan fingerprint density at radius 2 is 0.870 bits per heavy atom. The lowest BCUT2D eigenvalue weighted by Gasteiger charge is -2.19. The summed E-state index contributed by atoms with van der Waals surface area (Å²) in [5, 5.41) is 15.7. The number of rotatable bonds is 3. The fourth-order valence-corrected chi connectivity index (χ4v) is 11.7. The first-order chi connectivity index (χ1) is 26.8. The van der Waals surface area contributed by atoms with Crippen molar-refractivity contribution in [3.8, 4) is 33.4 Å². The van der Waals surface area contributed by atoms with Gasteiger partial charge in [0, 0.05) is 45.9 Å². The van der Waals surface area contributed by atoms with Gasteiger partial charge in [0.2, 0.25) is 0 Å². The third-order valence-corrected chi connectivity index (χ3v) is 13.8. The maximum Gasteiger partial charge on any atom is 0.0449 e. The Hall–Kier alpha value is -6.32. The lowest BCUT2D eigenvalue weighted by atomic mass is 9.84. The molecule has 0 fully saturated rings. The van der Waals surface area contributed by atoms with Crippen LogP contribution in [-0.2, 0) is 0 Å². The van der Waals surface area contributed by atoms with Crippen molar-refractivity contribution in [3.05, 3.63) is 182 Å². The van der Waals surface area contributed by atoms with Gasteiger partial charge in [0.05, 0.1) is 0 Å². The van der Waals surface area contributed by atoms with Crippen LogP contribution in [-0.4, -0.2) is 0 Å². The molecule has 12 rings (SSSR count). The van der Waals surface area contributed by atoms with Gasteiger partial charge in [-0.15, -0.1) is 22.7 Å². The average molecular weight is 719 g/mol. The summed E-state index contributed by atoms with van der Waals surface area (Å²) in [6, 6.07) is 67.7. The Morgan fingerprint density at radius 3 is 1.65 bits per heavy atom. The maximum atomic E-state index is 2.44. The van der Waals surface area contributed by atoms with E-state index in [0.717, 1.165) is 0 Å². The number of hydrogen-bond donors (Lipinski definition) is 0. The third kappa shape index (κ3) is 4.30. The Kier molecular flexibility index (Phi) is 6.48. The summed E-state index contributed by atoms with van der Waals surface area (Å²) in [6.07, 6.45) is 0. The Morgan fingerprint density at radius 1 is 0.278 bits per heavy atom. The van der Waals surface area contributed by atoms with E-state index in [2.05, 4.69) is 182 Å². The zero-order chi connectivity index (χ0) is 35.3. The molecule has 0 aliphatic rings. The van der Waals surface area contributed by atoms with E-state index in [-0.39, 0.29) is 0 Å². The summed E-state index contributed by atoms with van der Waals surface area (Å²) in [5.74, 6) is 0. The second-order valence-electron chi connectivity index (χ2n) is 14.3. The standard InChI is InChI=1S/C52H30S2/c1-3-18-35-31(13-1)15-12-25-37(35)48-40-22-7-5-20-38(40)47(39-21-6-8-23-41(39)48)34-17-11-16-32(29-34)44-30-33-14-2-4-19-36(33)49-43-27-28-46-50(51(43)54-52(44)49)42-24-9-10-26-45(42)53-46/h1-30H. The number of benzene rings is 10. The summed E-state index contributed by atoms with van der Waals surface area (Å²) in [5.41, 5.74) is 7.63. The van der Waals surface area contributed by atoms with Crippen LogP contribution in [0.4, 0.5) is 0 Å². The zero-order valence-electron chi connectivity index (χ0n) is 29.1. The molecule has 10 aromatic carbocycles. The molecule has 0 radical (unpaired) electrons. The SMILES string of the molecule is c1cc(-c2c3ccccc3c(-c3cccc4ccccc34)c3ccccc23)cc(-c2cc3ccccc3c3c2sc2c3ccc3sc4ccccc4c32)c1. The Labute approximate surface area is 319 Å². The molecule has 0 unspecified atom stereocenters. The van der Waals surface area contributed by atoms with Crippen LogP contribution in [0.2, 0.25) is 0 Å². The van der Waals surface area contributed by atoms with Crippen molar-refractivity contribution in [3.63, 3.8) is 0 Å². The first kappa shape index (κ1) is 30.2. The summed E-state index contributed by atoms with van der Waals surface area (Å²) in [6.45, 7) is 0. The number of fused-ring (bicyclic) bond motifs is 12. The van der Waals surface area contributed by atoms with Gasteiger partial charge in [-0.25, -0.2) is 0 Å². The molecule has 0 aliphatic heterocycles. The van der Waals surface area contributed by atoms with E-state index in [1.165, 1.54) is 117 Å². The van der Waals surface area contributed by atoms with Crippen LogP contribution < -0.4 is 0 Å². The molecular weight excluding hydrogens is 689 g/mol. The minimum atomic E-state index is 1.23. The highest BCUT2D eigenvalue weighted by atomic mass is 32.1. The van der Waals surface area contributed by atoms with Crippen molar-refractivity contribution in [1.82, 2.24) is 0 Å². The Balaban J connectivity index is 1.15. The highest BCUT2D eigenvalue weighted by molar-refractivity contribution is 7.30. The molecule has 0 saturated carbocycles. The predicted molar refractivity (Wildman–Crippen MR) is 239 cm³/mol. The van der Waals surface area contributed by atoms with Gasteiger partial charge in [-0.3, -0.25) is 0 Å². The van der Waals surface area contributed by atoms with Crippen LogP contribution in [0.5, 0.6) is 0 Å². The van der Waals surface area contributed by atoms with E-state index < -0.39 is 0 Å². The molecular formula is C52H30S2. The molecule has 0 spiro atoms. The summed E-state index contributed by atoms with van der Waals surface area (Å²) in [7, 11) is 0. The lowest BCUT2D eigenvalue weighted by molar-refractivity contribution is 1.65. The lowest BCUT2D eigenvalue weighted by Crippen LogP contribution is -1.92. The molecule has 2 aromatic heterocycles. The van der Waals surface area contributed by atoms with Crippen LogP contribution in [0.1, 0.15) is 0 Å². The van der Waals surface area contributed by atoms with Crippen LogP contribution in [0.25, 0.3) is 117 Å². The molecule has 0 aliphatic carbocycles. The molecule has 0 saturated heterocycles. The van der Waals surface area contributed by atoms with Gasteiger partial charge in [-0.1, -0.05) is 158 Å². The predicted octanol–water partition coefficient (Wildman–Crippen LogP) is 16.0. The van der Waals surface area contributed by atoms with E-state index in [0.29, 0.717) is 0 Å². The second kappa shape index (κ2) is 11.6. The monoisotopic (exact) mass is 718 g/mol. The van der Waals surface area contributed by atoms with Gasteiger partial charge < -0.3 is 0 Å². The van der Waals surface area contributed by atoms with Gasteiger partial charge in [-0.2, -0.15) is 0 Å². The normalized spacial score (nSPS) is 12.1. The minimum Gasteiger partial charge on any atom is -0.135 e. The van der Waals surface area contributed by atoms with E-state index in [4.69, 9.17) is 0 Å². The summed E-state index contributed by atoms with van der Waals surface area (Å²) >= 11 is 3.86. The van der Waals surface area contributed by atoms with E-state index in [1.807, 2.05) is 22.7 Å². The molecule has 0 amide bonds. The van der Waals surface area contributed by atoms with Crippen LogP contribution in [0.3, 0.4) is 0 Å². The fraction of sp³-hybridized carbons (Fsp3) is 0. The summed E-state index contributed by atoms with van der Waals surface area (Å²) < 4.78 is 5.44. The number of thiophene rings is 2. The van der Waals surface area contributed by atoms with Gasteiger partial charge in [0.25, 0.3) is 0 Å². The van der Waals surface area contributed by atoms with E-state index in [9.17, 15) is 0 Å². The molecule has 2 heterocycles. The minimum absolute atomic E-state index is 1.23. The van der Waals surface area contributed by atoms with Gasteiger partial charge in [0.15, 0.2) is 0 Å². The van der Waals surface area contributed by atoms with E-state index >= 15 is 0 Å². The van der Waals surface area contributed by atoms with Crippen molar-refractivity contribution in [2.24, 2.45) is 0 Å². The topological polar surface area (TPSA) is 0 Å². The van der Waals surface area contributed by atoms with Gasteiger partial charge >= 0.3 is 0 Å². The molecule has 0 atom stereocenters. The van der Waals surface area contributed by atoms with Crippen LogP contribution in [0.15, 0.2) is 182 Å². The third-order valence-electron chi connectivity index (χ3n) is 11.4. The van der Waals surface area contributed by atoms with Gasteiger partial charge in [-0.05, 0) is 95.2 Å². The fourth-order valence-electron chi connectivity index (χ4n) is 9.12. The van der Waals surface area contributed by atoms with Crippen LogP contribution >= 0.6 is 22.7 Å². The van der Waals surface area contributed by atoms with Crippen molar-refractivity contribution < 1.29 is 0 Å². The average Bonchev–Trinajstić information content (AvgIpc) is 3.81. The van der Waals surface area contributed by atoms with Crippen molar-refractivity contribution in [2.75, 3.05) is 0 Å². The molecule has 0 bridgehead atoms. The molecule has 250 valence electrons. The van der Waals surface area contributed by atoms with Crippen molar-refractivity contribution in [2.45, 2.75) is 0 Å². The second-order valence-corrected chi connectivity index (χ2v) is 16.4. The van der Waals surface area contributed by atoms with Crippen molar-refractivity contribution >= 4 is 106 Å². The Bertz CT molecular complexity index is 3440. The highest BCUT2D eigenvalue weighted by Crippen LogP contribution is 2.50. The van der Waals surface area contributed by atoms with E-state index in [1.54, 1.807) is 0 Å². The first-order valence-corrected chi connectivity index (χ1v) is 20.1. The molecule has 2 heteroatoms. The molecule has 0 nitrogen and oxygen atoms in total. The largest absolute Gasteiger partial charge is 0.135 e. The highest BCUT2D eigenvalue weighted by Gasteiger charge is 2.21.